The Kier molecular flexibility index (Phi) is 8.00. The van der Waals surface area contributed by atoms with Crippen molar-refractivity contribution < 1.29 is 24.2 Å². The second-order valence-electron chi connectivity index (χ2n) is 5.82. The van der Waals surface area contributed by atoms with Crippen molar-refractivity contribution in [3.63, 3.8) is 0 Å². The van der Waals surface area contributed by atoms with E-state index >= 15 is 0 Å². The lowest BCUT2D eigenvalue weighted by Crippen LogP contribution is -2.35. The molecule has 0 aliphatic carbocycles. The highest BCUT2D eigenvalue weighted by atomic mass is 32.2. The summed E-state index contributed by atoms with van der Waals surface area (Å²) in [5, 5.41) is 12.2. The standard InChI is InChI=1S/C20H23NO5S/c1-25-16-7-5-8-17(11-16)27-13-19(22)21-12-15(20(23)24)10-14-6-3-4-9-18(14)26-2/h3-9,11,15H,10,12-13H2,1-2H3,(H,21,22)(H,23,24). The molecule has 1 amide bonds. The number of para-hydroxylation sites is 1. The van der Waals surface area contributed by atoms with E-state index in [2.05, 4.69) is 5.32 Å². The number of carbonyl (C=O) groups is 2. The molecule has 144 valence electrons. The Balaban J connectivity index is 1.87. The molecule has 2 aromatic carbocycles. The van der Waals surface area contributed by atoms with Crippen molar-refractivity contribution in [2.75, 3.05) is 26.5 Å². The van der Waals surface area contributed by atoms with E-state index in [1.807, 2.05) is 42.5 Å². The number of methoxy groups -OCH3 is 2. The topological polar surface area (TPSA) is 84.9 Å². The van der Waals surface area contributed by atoms with Gasteiger partial charge >= 0.3 is 5.97 Å². The summed E-state index contributed by atoms with van der Waals surface area (Å²) in [6.45, 7) is 0.0604. The van der Waals surface area contributed by atoms with Gasteiger partial charge in [-0.2, -0.15) is 0 Å². The molecule has 0 saturated heterocycles. The van der Waals surface area contributed by atoms with Gasteiger partial charge in [0.25, 0.3) is 0 Å². The number of hydrogen-bond donors (Lipinski definition) is 2. The number of amides is 1. The van der Waals surface area contributed by atoms with Crippen LogP contribution in [-0.2, 0) is 16.0 Å². The van der Waals surface area contributed by atoms with Gasteiger partial charge in [-0.3, -0.25) is 9.59 Å². The van der Waals surface area contributed by atoms with Crippen LogP contribution in [0.5, 0.6) is 11.5 Å². The first-order valence-corrected chi connectivity index (χ1v) is 9.40. The maximum Gasteiger partial charge on any atom is 0.308 e. The van der Waals surface area contributed by atoms with Gasteiger partial charge in [0.2, 0.25) is 5.91 Å². The molecule has 2 N–H and O–H groups in total. The van der Waals surface area contributed by atoms with Gasteiger partial charge in [0.1, 0.15) is 11.5 Å². The smallest absolute Gasteiger partial charge is 0.308 e. The van der Waals surface area contributed by atoms with E-state index in [1.165, 1.54) is 11.8 Å². The fourth-order valence-corrected chi connectivity index (χ4v) is 3.29. The highest BCUT2D eigenvalue weighted by Gasteiger charge is 2.20. The van der Waals surface area contributed by atoms with Crippen molar-refractivity contribution in [1.82, 2.24) is 5.32 Å². The molecule has 0 aromatic heterocycles. The number of nitrogens with one attached hydrogen (secondary N) is 1. The lowest BCUT2D eigenvalue weighted by Gasteiger charge is -2.15. The maximum atomic E-state index is 12.1. The second kappa shape index (κ2) is 10.5. The van der Waals surface area contributed by atoms with Crippen molar-refractivity contribution in [3.8, 4) is 11.5 Å². The largest absolute Gasteiger partial charge is 0.497 e. The zero-order chi connectivity index (χ0) is 19.6. The monoisotopic (exact) mass is 389 g/mol. The molecule has 0 radical (unpaired) electrons. The zero-order valence-corrected chi connectivity index (χ0v) is 16.1. The molecule has 27 heavy (non-hydrogen) atoms. The summed E-state index contributed by atoms with van der Waals surface area (Å²) in [6.07, 6.45) is 0.280. The third kappa shape index (κ3) is 6.53. The van der Waals surface area contributed by atoms with E-state index in [-0.39, 0.29) is 24.6 Å². The number of thioether (sulfide) groups is 1. The summed E-state index contributed by atoms with van der Waals surface area (Å²) < 4.78 is 10.4. The van der Waals surface area contributed by atoms with Crippen LogP contribution in [0.2, 0.25) is 0 Å². The van der Waals surface area contributed by atoms with E-state index in [9.17, 15) is 14.7 Å². The minimum absolute atomic E-state index is 0.0604. The Hall–Kier alpha value is -2.67. The number of carbonyl (C=O) groups excluding carboxylic acids is 1. The SMILES string of the molecule is COc1cccc(SCC(=O)NCC(Cc2ccccc2OC)C(=O)O)c1. The number of rotatable bonds is 10. The second-order valence-corrected chi connectivity index (χ2v) is 6.87. The van der Waals surface area contributed by atoms with E-state index in [1.54, 1.807) is 20.3 Å². The third-order valence-electron chi connectivity index (χ3n) is 3.96. The average molecular weight is 389 g/mol. The van der Waals surface area contributed by atoms with E-state index in [4.69, 9.17) is 9.47 Å². The van der Waals surface area contributed by atoms with Crippen molar-refractivity contribution in [1.29, 1.82) is 0 Å². The van der Waals surface area contributed by atoms with E-state index in [0.29, 0.717) is 5.75 Å². The third-order valence-corrected chi connectivity index (χ3v) is 4.96. The molecule has 0 saturated carbocycles. The molecule has 0 spiro atoms. The number of aliphatic carboxylic acids is 1. The molecule has 7 heteroatoms. The summed E-state index contributed by atoms with van der Waals surface area (Å²) in [7, 11) is 3.14. The molecule has 0 bridgehead atoms. The van der Waals surface area contributed by atoms with Crippen LogP contribution in [0.3, 0.4) is 0 Å². The first-order valence-electron chi connectivity index (χ1n) is 8.41. The van der Waals surface area contributed by atoms with Crippen molar-refractivity contribution in [3.05, 3.63) is 54.1 Å². The van der Waals surface area contributed by atoms with Crippen LogP contribution < -0.4 is 14.8 Å². The minimum Gasteiger partial charge on any atom is -0.497 e. The molecule has 0 heterocycles. The molecule has 1 unspecified atom stereocenters. The van der Waals surface area contributed by atoms with Crippen LogP contribution in [0.15, 0.2) is 53.4 Å². The van der Waals surface area contributed by atoms with Gasteiger partial charge in [0, 0.05) is 11.4 Å². The molecule has 0 fully saturated rings. The lowest BCUT2D eigenvalue weighted by molar-refractivity contribution is -0.141. The van der Waals surface area contributed by atoms with Crippen LogP contribution in [-0.4, -0.2) is 43.5 Å². The van der Waals surface area contributed by atoms with Gasteiger partial charge in [-0.1, -0.05) is 24.3 Å². The molecule has 1 atom stereocenters. The first-order chi connectivity index (χ1) is 13.0. The Morgan fingerprint density at radius 3 is 2.59 bits per heavy atom. The van der Waals surface area contributed by atoms with Gasteiger partial charge in [-0.25, -0.2) is 0 Å². The highest BCUT2D eigenvalue weighted by Crippen LogP contribution is 2.23. The predicted molar refractivity (Wildman–Crippen MR) is 105 cm³/mol. The fourth-order valence-electron chi connectivity index (χ4n) is 2.51. The van der Waals surface area contributed by atoms with Gasteiger partial charge in [0.15, 0.2) is 0 Å². The summed E-state index contributed by atoms with van der Waals surface area (Å²) in [6, 6.07) is 14.7. The number of hydrogen-bond acceptors (Lipinski definition) is 5. The molecule has 2 rings (SSSR count). The molecular formula is C20H23NO5S. The summed E-state index contributed by atoms with van der Waals surface area (Å²) in [4.78, 5) is 24.6. The lowest BCUT2D eigenvalue weighted by atomic mass is 9.98. The minimum atomic E-state index is -0.957. The van der Waals surface area contributed by atoms with Crippen LogP contribution >= 0.6 is 11.8 Å². The Bertz CT molecular complexity index is 780. The van der Waals surface area contributed by atoms with Crippen molar-refractivity contribution in [2.45, 2.75) is 11.3 Å². The Morgan fingerprint density at radius 1 is 1.11 bits per heavy atom. The van der Waals surface area contributed by atoms with Crippen LogP contribution in [0.1, 0.15) is 5.56 Å². The normalized spacial score (nSPS) is 11.5. The van der Waals surface area contributed by atoms with Crippen LogP contribution in [0.4, 0.5) is 0 Å². The predicted octanol–water partition coefficient (Wildman–Crippen LogP) is 2.86. The fraction of sp³-hybridized carbons (Fsp3) is 0.300. The molecule has 6 nitrogen and oxygen atoms in total. The number of carboxylic acids is 1. The molecule has 2 aromatic rings. The molecular weight excluding hydrogens is 366 g/mol. The van der Waals surface area contributed by atoms with Gasteiger partial charge in [-0.15, -0.1) is 11.8 Å². The Labute approximate surface area is 162 Å². The van der Waals surface area contributed by atoms with Gasteiger partial charge in [-0.05, 0) is 36.2 Å². The maximum absolute atomic E-state index is 12.1. The van der Waals surface area contributed by atoms with Gasteiger partial charge in [0.05, 0.1) is 25.9 Å². The summed E-state index contributed by atoms with van der Waals surface area (Å²) in [5.74, 6) is -0.330. The van der Waals surface area contributed by atoms with Crippen molar-refractivity contribution >= 4 is 23.6 Å². The molecule has 0 aliphatic heterocycles. The van der Waals surface area contributed by atoms with E-state index < -0.39 is 11.9 Å². The number of ether oxygens (including phenoxy) is 2. The van der Waals surface area contributed by atoms with Crippen LogP contribution in [0, 0.1) is 5.92 Å². The first kappa shape index (κ1) is 20.6. The quantitative estimate of drug-likeness (QED) is 0.608. The Morgan fingerprint density at radius 2 is 1.89 bits per heavy atom. The number of carboxylic acid groups (broad SMARTS) is 1. The molecule has 0 aliphatic rings. The van der Waals surface area contributed by atoms with Gasteiger partial charge < -0.3 is 19.9 Å². The zero-order valence-electron chi connectivity index (χ0n) is 15.3. The summed E-state index contributed by atoms with van der Waals surface area (Å²) >= 11 is 1.37. The average Bonchev–Trinajstić information content (AvgIpc) is 2.69. The van der Waals surface area contributed by atoms with E-state index in [0.717, 1.165) is 16.2 Å². The van der Waals surface area contributed by atoms with Crippen molar-refractivity contribution in [2.24, 2.45) is 5.92 Å². The van der Waals surface area contributed by atoms with Crippen LogP contribution in [0.25, 0.3) is 0 Å². The number of benzene rings is 2. The summed E-state index contributed by atoms with van der Waals surface area (Å²) in [5.41, 5.74) is 0.799. The highest BCUT2D eigenvalue weighted by molar-refractivity contribution is 8.00.